The van der Waals surface area contributed by atoms with Crippen LogP contribution in [0, 0.1) is 12.7 Å². The summed E-state index contributed by atoms with van der Waals surface area (Å²) in [6, 6.07) is 11.1. The van der Waals surface area contributed by atoms with Crippen LogP contribution in [0.4, 0.5) is 4.39 Å². The lowest BCUT2D eigenvalue weighted by Gasteiger charge is -2.17. The Morgan fingerprint density at radius 1 is 1.14 bits per heavy atom. The highest BCUT2D eigenvalue weighted by Gasteiger charge is 2.14. The van der Waals surface area contributed by atoms with Crippen molar-refractivity contribution in [3.8, 4) is 22.6 Å². The molecule has 3 aromatic rings. The van der Waals surface area contributed by atoms with Crippen molar-refractivity contribution in [3.05, 3.63) is 72.1 Å². The first-order valence-electron chi connectivity index (χ1n) is 8.70. The van der Waals surface area contributed by atoms with Crippen LogP contribution >= 0.6 is 0 Å². The second-order valence-corrected chi connectivity index (χ2v) is 6.31. The minimum Gasteiger partial charge on any atom is -0.487 e. The summed E-state index contributed by atoms with van der Waals surface area (Å²) in [6.07, 6.45) is 2.82. The molecule has 144 valence electrons. The number of carbonyl (C=O) groups is 1. The Hall–Kier alpha value is -3.48. The summed E-state index contributed by atoms with van der Waals surface area (Å²) >= 11 is 0. The van der Waals surface area contributed by atoms with Crippen molar-refractivity contribution in [2.24, 2.45) is 5.73 Å². The number of nitrogens with two attached hydrogens (primary N) is 1. The number of ether oxygens (including phenoxy) is 2. The van der Waals surface area contributed by atoms with Crippen molar-refractivity contribution in [2.75, 3.05) is 6.61 Å². The molecule has 1 aromatic carbocycles. The van der Waals surface area contributed by atoms with E-state index >= 15 is 0 Å². The van der Waals surface area contributed by atoms with E-state index in [9.17, 15) is 9.18 Å². The van der Waals surface area contributed by atoms with Crippen molar-refractivity contribution < 1.29 is 18.7 Å². The second-order valence-electron chi connectivity index (χ2n) is 6.31. The minimum atomic E-state index is -0.654. The highest BCUT2D eigenvalue weighted by Crippen LogP contribution is 2.30. The molecule has 3 rings (SSSR count). The van der Waals surface area contributed by atoms with Crippen LogP contribution in [0.25, 0.3) is 11.1 Å². The molecule has 1 atom stereocenters. The van der Waals surface area contributed by atoms with Gasteiger partial charge in [0.15, 0.2) is 0 Å². The predicted molar refractivity (Wildman–Crippen MR) is 103 cm³/mol. The highest BCUT2D eigenvalue weighted by molar-refractivity contribution is 5.92. The van der Waals surface area contributed by atoms with Gasteiger partial charge in [-0.25, -0.2) is 9.37 Å². The molecule has 0 fully saturated rings. The molecule has 7 heteroatoms. The second kappa shape index (κ2) is 8.47. The predicted octanol–water partition coefficient (Wildman–Crippen LogP) is 3.54. The zero-order valence-electron chi connectivity index (χ0n) is 15.6. The maximum atomic E-state index is 13.3. The highest BCUT2D eigenvalue weighted by atomic mass is 19.1. The Morgan fingerprint density at radius 2 is 1.89 bits per heavy atom. The first-order chi connectivity index (χ1) is 13.4. The molecule has 2 N–H and O–H groups in total. The zero-order valence-corrected chi connectivity index (χ0v) is 15.6. The molecule has 0 saturated carbocycles. The van der Waals surface area contributed by atoms with Gasteiger partial charge in [-0.2, -0.15) is 0 Å². The lowest BCUT2D eigenvalue weighted by molar-refractivity contribution is 0.0995. The van der Waals surface area contributed by atoms with Gasteiger partial charge in [-0.3, -0.25) is 9.78 Å². The number of carbonyl (C=O) groups excluding carboxylic acids is 1. The lowest BCUT2D eigenvalue weighted by Crippen LogP contribution is -2.21. The summed E-state index contributed by atoms with van der Waals surface area (Å²) in [5.74, 6) is 0.0689. The Bertz CT molecular complexity index is 960. The molecular weight excluding hydrogens is 361 g/mol. The number of amides is 1. The molecule has 0 spiro atoms. The van der Waals surface area contributed by atoms with Gasteiger partial charge in [-0.15, -0.1) is 0 Å². The van der Waals surface area contributed by atoms with Gasteiger partial charge in [0, 0.05) is 11.3 Å². The van der Waals surface area contributed by atoms with Gasteiger partial charge in [0.2, 0.25) is 0 Å². The first kappa shape index (κ1) is 19.3. The molecule has 6 nitrogen and oxygen atoms in total. The Morgan fingerprint density at radius 3 is 2.54 bits per heavy atom. The summed E-state index contributed by atoms with van der Waals surface area (Å²) in [6.45, 7) is 4.00. The van der Waals surface area contributed by atoms with Gasteiger partial charge < -0.3 is 15.2 Å². The van der Waals surface area contributed by atoms with Crippen LogP contribution in [0.5, 0.6) is 11.5 Å². The van der Waals surface area contributed by atoms with Gasteiger partial charge in [-0.05, 0) is 49.7 Å². The lowest BCUT2D eigenvalue weighted by atomic mass is 10.0. The van der Waals surface area contributed by atoms with Crippen LogP contribution < -0.4 is 15.2 Å². The third kappa shape index (κ3) is 4.82. The molecule has 2 heterocycles. The number of halogens is 1. The molecule has 0 aliphatic heterocycles. The number of primary amides is 1. The summed E-state index contributed by atoms with van der Waals surface area (Å²) in [4.78, 5) is 19.7. The van der Waals surface area contributed by atoms with E-state index in [1.165, 1.54) is 24.4 Å². The van der Waals surface area contributed by atoms with Gasteiger partial charge in [0.05, 0.1) is 12.4 Å². The van der Waals surface area contributed by atoms with Crippen molar-refractivity contribution in [3.63, 3.8) is 0 Å². The fraction of sp³-hybridized carbons (Fsp3) is 0.190. The van der Waals surface area contributed by atoms with Gasteiger partial charge in [-0.1, -0.05) is 12.1 Å². The van der Waals surface area contributed by atoms with Crippen LogP contribution in [-0.2, 0) is 0 Å². The van der Waals surface area contributed by atoms with Crippen LogP contribution in [-0.4, -0.2) is 28.6 Å². The van der Waals surface area contributed by atoms with E-state index in [4.69, 9.17) is 15.2 Å². The first-order valence-corrected chi connectivity index (χ1v) is 8.70. The van der Waals surface area contributed by atoms with Crippen molar-refractivity contribution in [1.29, 1.82) is 0 Å². The Labute approximate surface area is 162 Å². The normalized spacial score (nSPS) is 11.7. The van der Waals surface area contributed by atoms with Gasteiger partial charge in [0.25, 0.3) is 5.91 Å². The molecule has 0 radical (unpaired) electrons. The smallest absolute Gasteiger partial charge is 0.267 e. The molecular formula is C21H20FN3O3. The summed E-state index contributed by atoms with van der Waals surface area (Å²) < 4.78 is 24.9. The number of hydrogen-bond donors (Lipinski definition) is 1. The quantitative estimate of drug-likeness (QED) is 0.676. The molecule has 0 aliphatic carbocycles. The number of aromatic nitrogens is 2. The van der Waals surface area contributed by atoms with E-state index < -0.39 is 5.91 Å². The average Bonchev–Trinajstić information content (AvgIpc) is 2.68. The zero-order chi connectivity index (χ0) is 20.1. The number of rotatable bonds is 7. The molecule has 0 saturated heterocycles. The largest absolute Gasteiger partial charge is 0.487 e. The SMILES string of the molecule is Cc1ccc(OC(C)COc2cnc(C(N)=O)cc2-c2ccc(F)cc2)cn1. The Kier molecular flexibility index (Phi) is 5.84. The average molecular weight is 381 g/mol. The van der Waals surface area contributed by atoms with Crippen molar-refractivity contribution in [2.45, 2.75) is 20.0 Å². The third-order valence-corrected chi connectivity index (χ3v) is 3.97. The summed E-state index contributed by atoms with van der Waals surface area (Å²) in [5, 5.41) is 0. The summed E-state index contributed by atoms with van der Waals surface area (Å²) in [7, 11) is 0. The van der Waals surface area contributed by atoms with E-state index in [1.807, 2.05) is 26.0 Å². The molecule has 28 heavy (non-hydrogen) atoms. The van der Waals surface area contributed by atoms with E-state index in [2.05, 4.69) is 9.97 Å². The molecule has 2 aromatic heterocycles. The molecule has 1 amide bonds. The van der Waals surface area contributed by atoms with Crippen LogP contribution in [0.2, 0.25) is 0 Å². The van der Waals surface area contributed by atoms with Crippen molar-refractivity contribution in [1.82, 2.24) is 9.97 Å². The topological polar surface area (TPSA) is 87.3 Å². The number of aryl methyl sites for hydroxylation is 1. The van der Waals surface area contributed by atoms with Crippen LogP contribution in [0.15, 0.2) is 54.9 Å². The van der Waals surface area contributed by atoms with E-state index in [0.29, 0.717) is 22.6 Å². The monoisotopic (exact) mass is 381 g/mol. The van der Waals surface area contributed by atoms with Gasteiger partial charge >= 0.3 is 0 Å². The number of nitrogens with zero attached hydrogens (tertiary/aromatic N) is 2. The van der Waals surface area contributed by atoms with Gasteiger partial charge in [0.1, 0.15) is 35.7 Å². The molecule has 1 unspecified atom stereocenters. The standard InChI is InChI=1S/C21H20FN3O3/c1-13-3-8-17(10-24-13)28-14(2)12-27-20-11-25-19(21(23)26)9-18(20)15-4-6-16(22)7-5-15/h3-11,14H,12H2,1-2H3,(H2,23,26). The number of benzene rings is 1. The minimum absolute atomic E-state index is 0.0988. The van der Waals surface area contributed by atoms with E-state index in [-0.39, 0.29) is 24.2 Å². The van der Waals surface area contributed by atoms with Crippen LogP contribution in [0.3, 0.4) is 0 Å². The summed E-state index contributed by atoms with van der Waals surface area (Å²) in [5.41, 5.74) is 7.60. The maximum absolute atomic E-state index is 13.3. The Balaban J connectivity index is 1.77. The fourth-order valence-corrected chi connectivity index (χ4v) is 2.55. The van der Waals surface area contributed by atoms with Crippen molar-refractivity contribution >= 4 is 5.91 Å². The van der Waals surface area contributed by atoms with E-state index in [1.54, 1.807) is 18.3 Å². The van der Waals surface area contributed by atoms with Crippen LogP contribution in [0.1, 0.15) is 23.1 Å². The number of pyridine rings is 2. The fourth-order valence-electron chi connectivity index (χ4n) is 2.55. The number of hydrogen-bond acceptors (Lipinski definition) is 5. The molecule has 0 bridgehead atoms. The third-order valence-electron chi connectivity index (χ3n) is 3.97. The van der Waals surface area contributed by atoms with E-state index in [0.717, 1.165) is 5.69 Å². The maximum Gasteiger partial charge on any atom is 0.267 e. The molecule has 0 aliphatic rings.